The zero-order chi connectivity index (χ0) is 28.2. The third kappa shape index (κ3) is 10.5. The predicted octanol–water partition coefficient (Wildman–Crippen LogP) is 7.27. The number of amides is 1. The van der Waals surface area contributed by atoms with Crippen molar-refractivity contribution in [2.24, 2.45) is 0 Å². The Morgan fingerprint density at radius 3 is 2.64 bits per heavy atom. The van der Waals surface area contributed by atoms with Gasteiger partial charge in [0, 0.05) is 17.5 Å². The first-order valence-corrected chi connectivity index (χ1v) is 12.1. The molecule has 1 aromatic carbocycles. The molecule has 3 rings (SSSR count). The molecule has 204 valence electrons. The number of aliphatic hydroxyl groups excluding tert-OH is 1. The number of rotatable bonds is 8. The van der Waals surface area contributed by atoms with Crippen LogP contribution in [0, 0.1) is 56.3 Å². The van der Waals surface area contributed by atoms with Crippen LogP contribution in [0.5, 0.6) is 5.75 Å². The Bertz CT molecular complexity index is 1330. The van der Waals surface area contributed by atoms with Crippen molar-refractivity contribution in [2.75, 3.05) is 5.32 Å². The van der Waals surface area contributed by atoms with Crippen LogP contribution in [0.4, 0.5) is 18.3 Å². The monoisotopic (exact) mass is 782 g/mol. The van der Waals surface area contributed by atoms with Gasteiger partial charge in [0.1, 0.15) is 11.6 Å². The van der Waals surface area contributed by atoms with Crippen molar-refractivity contribution in [3.05, 3.63) is 95.1 Å². The summed E-state index contributed by atoms with van der Waals surface area (Å²) in [5.74, 6) is -1.57. The molecule has 7 nitrogen and oxygen atoms in total. The van der Waals surface area contributed by atoms with Gasteiger partial charge in [0.05, 0.1) is 22.0 Å². The molecule has 0 saturated carbocycles. The van der Waals surface area contributed by atoms with Gasteiger partial charge in [-0.25, -0.2) is 9.49 Å². The van der Waals surface area contributed by atoms with Crippen LogP contribution in [0.15, 0.2) is 65.6 Å². The van der Waals surface area contributed by atoms with E-state index in [0.29, 0.717) is 5.69 Å². The Morgan fingerprint density at radius 1 is 1.33 bits per heavy atom. The number of benzene rings is 1. The normalized spacial score (nSPS) is 11.8. The van der Waals surface area contributed by atoms with Crippen LogP contribution >= 0.6 is 11.3 Å². The molecule has 0 aliphatic rings. The van der Waals surface area contributed by atoms with Crippen molar-refractivity contribution in [1.29, 1.82) is 0 Å². The minimum Gasteiger partial charge on any atom is -0.509 e. The zero-order valence-corrected chi connectivity index (χ0v) is 26.7. The van der Waals surface area contributed by atoms with Crippen molar-refractivity contribution in [3.8, 4) is 16.9 Å². The van der Waals surface area contributed by atoms with Gasteiger partial charge in [0.15, 0.2) is 0 Å². The van der Waals surface area contributed by atoms with E-state index in [1.54, 1.807) is 26.0 Å². The van der Waals surface area contributed by atoms with Crippen LogP contribution in [-0.2, 0) is 0 Å². The molecule has 0 fully saturated rings. The van der Waals surface area contributed by atoms with Crippen LogP contribution in [0.2, 0.25) is 0 Å². The number of aryl methyl sites for hydroxylation is 1. The number of allylic oxidation sites excluding steroid dienone is 5. The summed E-state index contributed by atoms with van der Waals surface area (Å²) in [6.07, 6.45) is 7.35. The van der Waals surface area contributed by atoms with Gasteiger partial charge >= 0.3 is 37.7 Å². The van der Waals surface area contributed by atoms with Crippen molar-refractivity contribution < 1.29 is 58.9 Å². The Kier molecular flexibility index (Phi) is 14.6. The molecule has 1 amide bonds. The third-order valence-corrected chi connectivity index (χ3v) is 5.67. The van der Waals surface area contributed by atoms with Crippen molar-refractivity contribution >= 4 is 22.4 Å². The van der Waals surface area contributed by atoms with E-state index in [1.165, 1.54) is 30.0 Å². The molecule has 0 spiro atoms. The van der Waals surface area contributed by atoms with E-state index in [4.69, 9.17) is 5.11 Å². The molecule has 0 aliphatic heterocycles. The van der Waals surface area contributed by atoms with E-state index in [1.807, 2.05) is 13.0 Å². The summed E-state index contributed by atoms with van der Waals surface area (Å²) >= 11 is 0.968. The minimum absolute atomic E-state index is 0. The second-order valence-corrected chi connectivity index (χ2v) is 8.49. The van der Waals surface area contributed by atoms with Gasteiger partial charge in [0.2, 0.25) is 5.91 Å². The molecule has 2 N–H and O–H groups in total. The topological polar surface area (TPSA) is 97.2 Å². The fourth-order valence-corrected chi connectivity index (χ4v) is 3.32. The number of nitrogens with zero attached hydrogens (tertiary/aromatic N) is 3. The number of carbonyl (C=O) groups is 1. The quantitative estimate of drug-likeness (QED) is 0.142. The van der Waals surface area contributed by atoms with Gasteiger partial charge in [-0.15, -0.1) is 0 Å². The molecule has 0 aliphatic carbocycles. The second kappa shape index (κ2) is 16.8. The number of halogens is 3. The first-order valence-electron chi connectivity index (χ1n) is 11.3. The van der Waals surface area contributed by atoms with Gasteiger partial charge in [0.25, 0.3) is 0 Å². The van der Waals surface area contributed by atoms with Gasteiger partial charge < -0.3 is 15.2 Å². The maximum atomic E-state index is 14.4. The molecule has 12 heteroatoms. The molecule has 0 radical (unpaired) electrons. The van der Waals surface area contributed by atoms with Gasteiger partial charge in [-0.3, -0.25) is 26.2 Å². The number of hydrogen-bond donors (Lipinski definition) is 2. The molecule has 0 unspecified atom stereocenters. The van der Waals surface area contributed by atoms with Crippen molar-refractivity contribution in [1.82, 2.24) is 15.2 Å². The van der Waals surface area contributed by atoms with Crippen LogP contribution in [-0.4, -0.2) is 32.8 Å². The Hall–Kier alpha value is -3.07. The summed E-state index contributed by atoms with van der Waals surface area (Å²) in [6.45, 7) is 8.27. The Balaban J connectivity index is 0.000000499. The molecule has 0 saturated heterocycles. The second-order valence-electron chi connectivity index (χ2n) is 7.72. The summed E-state index contributed by atoms with van der Waals surface area (Å²) in [4.78, 5) is 16.5. The molecule has 3 aromatic rings. The van der Waals surface area contributed by atoms with Crippen LogP contribution < -0.4 is 10.1 Å². The van der Waals surface area contributed by atoms with Crippen LogP contribution in [0.3, 0.4) is 0 Å². The molecular formula is C27H27F3N4O3SU. The standard InChI is InChI=1S/C16H10F3N4O2S.C11H17O.U/c1-8-5-9(13-11(17)3-2-4-12(13)25-15(18)19)10(6-20-8)14(24)22-16-23-21-7-26-16;1-5-9(3)10(4)7-8-11(12)6-2;/h2-6,15H,1H3,(H,22,23,24);6-8,12H,4-5H2,1-3H3;/q2*-1;+2/b;8-7-,10-9-,11-6+;. The predicted molar refractivity (Wildman–Crippen MR) is 142 cm³/mol. The number of ether oxygens (including phenoxy) is 1. The molecule has 2 heterocycles. The summed E-state index contributed by atoms with van der Waals surface area (Å²) in [5, 5.41) is 18.8. The fourth-order valence-electron chi connectivity index (χ4n) is 2.92. The summed E-state index contributed by atoms with van der Waals surface area (Å²) in [6, 6.07) is 4.94. The molecule has 2 aromatic heterocycles. The van der Waals surface area contributed by atoms with E-state index in [9.17, 15) is 18.0 Å². The number of aromatic nitrogens is 3. The summed E-state index contributed by atoms with van der Waals surface area (Å²) in [7, 11) is 0. The first kappa shape index (κ1) is 34.0. The van der Waals surface area contributed by atoms with Gasteiger partial charge in [-0.05, 0) is 38.1 Å². The Labute approximate surface area is 253 Å². The number of aliphatic hydroxyl groups is 1. The maximum absolute atomic E-state index is 14.4. The summed E-state index contributed by atoms with van der Waals surface area (Å²) < 4.78 is 44.2. The number of alkyl halides is 2. The van der Waals surface area contributed by atoms with Gasteiger partial charge in [-0.1, -0.05) is 37.9 Å². The minimum atomic E-state index is -3.15. The van der Waals surface area contributed by atoms with Crippen LogP contribution in [0.25, 0.3) is 11.1 Å². The average Bonchev–Trinajstić information content (AvgIpc) is 3.39. The van der Waals surface area contributed by atoms with Crippen LogP contribution in [0.1, 0.15) is 43.2 Å². The Morgan fingerprint density at radius 2 is 2.05 bits per heavy atom. The largest absolute Gasteiger partial charge is 2.00 e. The molecular weight excluding hydrogens is 755 g/mol. The maximum Gasteiger partial charge on any atom is 2.00 e. The smallest absolute Gasteiger partial charge is 0.509 e. The molecule has 0 bridgehead atoms. The molecule has 39 heavy (non-hydrogen) atoms. The summed E-state index contributed by atoms with van der Waals surface area (Å²) in [5.41, 5.74) is 4.93. The van der Waals surface area contributed by atoms with E-state index < -0.39 is 18.3 Å². The van der Waals surface area contributed by atoms with Crippen molar-refractivity contribution in [2.45, 2.75) is 40.7 Å². The average molecular weight is 783 g/mol. The van der Waals surface area contributed by atoms with E-state index >= 15 is 0 Å². The zero-order valence-electron chi connectivity index (χ0n) is 21.8. The van der Waals surface area contributed by atoms with Gasteiger partial charge in [-0.2, -0.15) is 32.9 Å². The number of pyridine rings is 1. The SMILES string of the molecule is Cc1cc(-c2c(F)cccc2OC(F)F)c(C(=O)Nc2nn[c-]s2)cn1.[CH2-]C(/C=C\C(O)=C/C)=C(\C)CC.[U+2]. The number of anilines is 1. The fraction of sp³-hybridized carbons (Fsp3) is 0.222. The van der Waals surface area contributed by atoms with Crippen molar-refractivity contribution in [3.63, 3.8) is 0 Å². The van der Waals surface area contributed by atoms with E-state index in [0.717, 1.165) is 29.4 Å². The number of hydrogen-bond acceptors (Lipinski definition) is 7. The van der Waals surface area contributed by atoms with E-state index in [2.05, 4.69) is 44.6 Å². The number of carbonyl (C=O) groups excluding carboxylic acids is 1. The van der Waals surface area contributed by atoms with E-state index in [-0.39, 0.29) is 64.4 Å². The molecule has 0 atom stereocenters. The third-order valence-electron chi connectivity index (χ3n) is 5.12. The number of nitrogens with one attached hydrogen (secondary N) is 1. The first-order chi connectivity index (χ1) is 18.1.